The van der Waals surface area contributed by atoms with E-state index in [0.29, 0.717) is 6.04 Å². The van der Waals surface area contributed by atoms with Crippen molar-refractivity contribution in [2.45, 2.75) is 18.9 Å². The van der Waals surface area contributed by atoms with Gasteiger partial charge in [-0.05, 0) is 24.5 Å². The van der Waals surface area contributed by atoms with Gasteiger partial charge in [-0.2, -0.15) is 0 Å². The molecule has 1 atom stereocenters. The Labute approximate surface area is 72.8 Å². The average Bonchev–Trinajstić information content (AvgIpc) is 2.25. The van der Waals surface area contributed by atoms with Crippen LogP contribution in [0.25, 0.3) is 0 Å². The van der Waals surface area contributed by atoms with Gasteiger partial charge in [0, 0.05) is 18.3 Å². The molecule has 3 N–H and O–H groups in total. The molecule has 1 aliphatic heterocycles. The van der Waals surface area contributed by atoms with Crippen molar-refractivity contribution in [3.8, 4) is 0 Å². The molecule has 2 heteroatoms. The molecular formula is C10H14N2. The third kappa shape index (κ3) is 1.43. The van der Waals surface area contributed by atoms with Gasteiger partial charge in [-0.25, -0.2) is 0 Å². The number of benzene rings is 1. The SMILES string of the molecule is NC1CCNc2ccccc2C1. The summed E-state index contributed by atoms with van der Waals surface area (Å²) in [6, 6.07) is 8.71. The molecule has 2 rings (SSSR count). The second kappa shape index (κ2) is 3.15. The van der Waals surface area contributed by atoms with Crippen LogP contribution in [0.1, 0.15) is 12.0 Å². The van der Waals surface area contributed by atoms with Crippen LogP contribution >= 0.6 is 0 Å². The molecule has 1 aromatic rings. The fourth-order valence-electron chi connectivity index (χ4n) is 1.65. The second-order valence-electron chi connectivity index (χ2n) is 3.34. The molecule has 1 unspecified atom stereocenters. The third-order valence-electron chi connectivity index (χ3n) is 2.33. The first-order chi connectivity index (χ1) is 5.86. The van der Waals surface area contributed by atoms with Crippen molar-refractivity contribution < 1.29 is 0 Å². The molecule has 64 valence electrons. The normalized spacial score (nSPS) is 22.2. The highest BCUT2D eigenvalue weighted by Crippen LogP contribution is 2.19. The van der Waals surface area contributed by atoms with Crippen LogP contribution in [0.15, 0.2) is 24.3 Å². The quantitative estimate of drug-likeness (QED) is 0.604. The Balaban J connectivity index is 2.31. The number of nitrogens with two attached hydrogens (primary N) is 1. The standard InChI is InChI=1S/C10H14N2/c11-9-5-6-12-10-4-2-1-3-8(10)7-9/h1-4,9,12H,5-7,11H2. The topological polar surface area (TPSA) is 38.0 Å². The molecule has 0 aliphatic carbocycles. The lowest BCUT2D eigenvalue weighted by atomic mass is 10.1. The Morgan fingerprint density at radius 2 is 2.17 bits per heavy atom. The molecule has 1 aromatic carbocycles. The first-order valence-corrected chi connectivity index (χ1v) is 4.43. The van der Waals surface area contributed by atoms with E-state index in [1.165, 1.54) is 11.3 Å². The monoisotopic (exact) mass is 162 g/mol. The number of fused-ring (bicyclic) bond motifs is 1. The summed E-state index contributed by atoms with van der Waals surface area (Å²) >= 11 is 0. The molecule has 0 saturated heterocycles. The first-order valence-electron chi connectivity index (χ1n) is 4.43. The second-order valence-corrected chi connectivity index (χ2v) is 3.34. The summed E-state index contributed by atoms with van der Waals surface area (Å²) in [5, 5.41) is 3.38. The smallest absolute Gasteiger partial charge is 0.0373 e. The highest BCUT2D eigenvalue weighted by Gasteiger charge is 2.11. The van der Waals surface area contributed by atoms with Crippen molar-refractivity contribution >= 4 is 5.69 Å². The molecule has 1 aliphatic rings. The fourth-order valence-corrected chi connectivity index (χ4v) is 1.65. The maximum absolute atomic E-state index is 5.91. The third-order valence-corrected chi connectivity index (χ3v) is 2.33. The number of para-hydroxylation sites is 1. The van der Waals surface area contributed by atoms with E-state index in [-0.39, 0.29) is 0 Å². The number of nitrogens with one attached hydrogen (secondary N) is 1. The van der Waals surface area contributed by atoms with Crippen LogP contribution in [0.2, 0.25) is 0 Å². The minimum atomic E-state index is 0.321. The van der Waals surface area contributed by atoms with Gasteiger partial charge in [0.25, 0.3) is 0 Å². The molecule has 2 nitrogen and oxygen atoms in total. The average molecular weight is 162 g/mol. The van der Waals surface area contributed by atoms with Crippen LogP contribution in [-0.4, -0.2) is 12.6 Å². The van der Waals surface area contributed by atoms with Gasteiger partial charge < -0.3 is 11.1 Å². The number of rotatable bonds is 0. The van der Waals surface area contributed by atoms with Gasteiger partial charge in [0.1, 0.15) is 0 Å². The van der Waals surface area contributed by atoms with Crippen LogP contribution in [0.5, 0.6) is 0 Å². The Morgan fingerprint density at radius 3 is 3.08 bits per heavy atom. The molecule has 0 saturated carbocycles. The summed E-state index contributed by atoms with van der Waals surface area (Å²) < 4.78 is 0. The Kier molecular flexibility index (Phi) is 2.00. The predicted octanol–water partition coefficient (Wildman–Crippen LogP) is 1.37. The van der Waals surface area contributed by atoms with E-state index in [9.17, 15) is 0 Å². The van der Waals surface area contributed by atoms with Gasteiger partial charge in [0.2, 0.25) is 0 Å². The lowest BCUT2D eigenvalue weighted by Gasteiger charge is -2.06. The molecule has 12 heavy (non-hydrogen) atoms. The van der Waals surface area contributed by atoms with E-state index in [1.807, 2.05) is 0 Å². The zero-order chi connectivity index (χ0) is 8.39. The molecule has 1 heterocycles. The molecule has 0 aromatic heterocycles. The molecule has 0 bridgehead atoms. The van der Waals surface area contributed by atoms with Gasteiger partial charge in [-0.3, -0.25) is 0 Å². The summed E-state index contributed by atoms with van der Waals surface area (Å²) in [4.78, 5) is 0. The number of anilines is 1. The van der Waals surface area contributed by atoms with Crippen LogP contribution in [0.4, 0.5) is 5.69 Å². The first kappa shape index (κ1) is 7.62. The van der Waals surface area contributed by atoms with E-state index in [2.05, 4.69) is 29.6 Å². The molecule has 0 spiro atoms. The largest absolute Gasteiger partial charge is 0.385 e. The zero-order valence-electron chi connectivity index (χ0n) is 7.09. The van der Waals surface area contributed by atoms with E-state index >= 15 is 0 Å². The Morgan fingerprint density at radius 1 is 1.33 bits per heavy atom. The van der Waals surface area contributed by atoms with Gasteiger partial charge in [0.05, 0.1) is 0 Å². The molecule has 0 amide bonds. The maximum atomic E-state index is 5.91. The van der Waals surface area contributed by atoms with Crippen molar-refractivity contribution in [1.82, 2.24) is 0 Å². The molecular weight excluding hydrogens is 148 g/mol. The number of hydrogen-bond donors (Lipinski definition) is 2. The minimum absolute atomic E-state index is 0.321. The summed E-state index contributed by atoms with van der Waals surface area (Å²) in [6.07, 6.45) is 2.07. The highest BCUT2D eigenvalue weighted by molar-refractivity contribution is 5.52. The highest BCUT2D eigenvalue weighted by atomic mass is 14.9. The van der Waals surface area contributed by atoms with E-state index in [1.54, 1.807) is 0 Å². The summed E-state index contributed by atoms with van der Waals surface area (Å²) in [6.45, 7) is 0.998. The van der Waals surface area contributed by atoms with Gasteiger partial charge >= 0.3 is 0 Å². The van der Waals surface area contributed by atoms with Crippen molar-refractivity contribution in [1.29, 1.82) is 0 Å². The summed E-state index contributed by atoms with van der Waals surface area (Å²) in [7, 11) is 0. The molecule has 0 fully saturated rings. The van der Waals surface area contributed by atoms with Crippen molar-refractivity contribution in [2.24, 2.45) is 5.73 Å². The lowest BCUT2D eigenvalue weighted by Crippen LogP contribution is -2.22. The van der Waals surface area contributed by atoms with Crippen LogP contribution in [0.3, 0.4) is 0 Å². The predicted molar refractivity (Wildman–Crippen MR) is 51.2 cm³/mol. The minimum Gasteiger partial charge on any atom is -0.385 e. The van der Waals surface area contributed by atoms with Crippen LogP contribution in [0, 0.1) is 0 Å². The lowest BCUT2D eigenvalue weighted by molar-refractivity contribution is 0.642. The van der Waals surface area contributed by atoms with Gasteiger partial charge in [0.15, 0.2) is 0 Å². The Hall–Kier alpha value is -1.02. The maximum Gasteiger partial charge on any atom is 0.0373 e. The summed E-state index contributed by atoms with van der Waals surface area (Å²) in [5.74, 6) is 0. The van der Waals surface area contributed by atoms with Crippen LogP contribution in [-0.2, 0) is 6.42 Å². The van der Waals surface area contributed by atoms with E-state index in [0.717, 1.165) is 19.4 Å². The summed E-state index contributed by atoms with van der Waals surface area (Å²) in [5.41, 5.74) is 8.51. The Bertz CT molecular complexity index is 270. The van der Waals surface area contributed by atoms with E-state index < -0.39 is 0 Å². The van der Waals surface area contributed by atoms with Crippen molar-refractivity contribution in [3.05, 3.63) is 29.8 Å². The van der Waals surface area contributed by atoms with E-state index in [4.69, 9.17) is 5.73 Å². The fraction of sp³-hybridized carbons (Fsp3) is 0.400. The van der Waals surface area contributed by atoms with Gasteiger partial charge in [-0.15, -0.1) is 0 Å². The van der Waals surface area contributed by atoms with Gasteiger partial charge in [-0.1, -0.05) is 18.2 Å². The van der Waals surface area contributed by atoms with Crippen LogP contribution < -0.4 is 11.1 Å². The van der Waals surface area contributed by atoms with Crippen molar-refractivity contribution in [3.63, 3.8) is 0 Å². The zero-order valence-corrected chi connectivity index (χ0v) is 7.09. The number of hydrogen-bond acceptors (Lipinski definition) is 2. The van der Waals surface area contributed by atoms with Crippen molar-refractivity contribution in [2.75, 3.05) is 11.9 Å². The molecule has 0 radical (unpaired) electrons.